The van der Waals surface area contributed by atoms with Crippen LogP contribution in [0.25, 0.3) is 0 Å². The molecular weight excluding hydrogens is 352 g/mol. The summed E-state index contributed by atoms with van der Waals surface area (Å²) >= 11 is 0. The standard InChI is InChI=1S/C21H30N6O/c1-15-2-6-18(7-3-15)26-11-10-16(13-26)12-23-21(28)20-14-27(25-24-20)19-8-4-17(22)5-9-19/h2-3,6-7,14,16-17,19H,4-5,8-13,22H2,1H3,(H,23,28)/t16-,17?,19?/m0/s1. The van der Waals surface area contributed by atoms with E-state index < -0.39 is 0 Å². The second-order valence-electron chi connectivity index (χ2n) is 8.30. The van der Waals surface area contributed by atoms with E-state index in [1.807, 2.05) is 4.68 Å². The molecule has 2 heterocycles. The second kappa shape index (κ2) is 8.31. The molecule has 0 radical (unpaired) electrons. The van der Waals surface area contributed by atoms with Crippen LogP contribution in [0.5, 0.6) is 0 Å². The Balaban J connectivity index is 1.26. The topological polar surface area (TPSA) is 89.1 Å². The van der Waals surface area contributed by atoms with Crippen LogP contribution in [0.15, 0.2) is 30.5 Å². The molecular formula is C21H30N6O. The minimum Gasteiger partial charge on any atom is -0.371 e. The van der Waals surface area contributed by atoms with Crippen LogP contribution in [0.4, 0.5) is 5.69 Å². The highest BCUT2D eigenvalue weighted by molar-refractivity contribution is 5.91. The summed E-state index contributed by atoms with van der Waals surface area (Å²) in [6.07, 6.45) is 6.88. The molecule has 28 heavy (non-hydrogen) atoms. The summed E-state index contributed by atoms with van der Waals surface area (Å²) < 4.78 is 1.84. The number of carbonyl (C=O) groups is 1. The fraction of sp³-hybridized carbons (Fsp3) is 0.571. The van der Waals surface area contributed by atoms with Crippen LogP contribution in [0.2, 0.25) is 0 Å². The molecule has 0 spiro atoms. The first-order valence-corrected chi connectivity index (χ1v) is 10.4. The molecule has 4 rings (SSSR count). The molecule has 2 aromatic rings. The van der Waals surface area contributed by atoms with Crippen LogP contribution in [0, 0.1) is 12.8 Å². The number of benzene rings is 1. The van der Waals surface area contributed by atoms with E-state index in [9.17, 15) is 4.79 Å². The molecule has 1 atom stereocenters. The van der Waals surface area contributed by atoms with Gasteiger partial charge in [0.25, 0.3) is 5.91 Å². The van der Waals surface area contributed by atoms with Crippen molar-refractivity contribution in [3.63, 3.8) is 0 Å². The number of nitrogens with one attached hydrogen (secondary N) is 1. The van der Waals surface area contributed by atoms with Gasteiger partial charge >= 0.3 is 0 Å². The predicted molar refractivity (Wildman–Crippen MR) is 109 cm³/mol. The molecule has 0 unspecified atom stereocenters. The van der Waals surface area contributed by atoms with Crippen molar-refractivity contribution in [2.45, 2.75) is 51.1 Å². The number of nitrogens with two attached hydrogens (primary N) is 1. The van der Waals surface area contributed by atoms with Crippen LogP contribution < -0.4 is 16.0 Å². The highest BCUT2D eigenvalue weighted by atomic mass is 16.2. The number of amides is 1. The number of hydrogen-bond donors (Lipinski definition) is 2. The number of aryl methyl sites for hydroxylation is 1. The maximum absolute atomic E-state index is 12.5. The monoisotopic (exact) mass is 382 g/mol. The van der Waals surface area contributed by atoms with E-state index in [-0.39, 0.29) is 5.91 Å². The zero-order valence-electron chi connectivity index (χ0n) is 16.6. The molecule has 150 valence electrons. The van der Waals surface area contributed by atoms with Crippen LogP contribution >= 0.6 is 0 Å². The summed E-state index contributed by atoms with van der Waals surface area (Å²) in [5.74, 6) is 0.327. The predicted octanol–water partition coefficient (Wildman–Crippen LogP) is 2.29. The lowest BCUT2D eigenvalue weighted by Crippen LogP contribution is -2.31. The Labute approximate surface area is 166 Å². The Bertz CT molecular complexity index is 793. The van der Waals surface area contributed by atoms with Crippen molar-refractivity contribution in [1.82, 2.24) is 20.3 Å². The van der Waals surface area contributed by atoms with Crippen molar-refractivity contribution in [2.24, 2.45) is 11.7 Å². The molecule has 1 aliphatic carbocycles. The average Bonchev–Trinajstić information content (AvgIpc) is 3.37. The first-order chi connectivity index (χ1) is 13.6. The number of carbonyl (C=O) groups excluding carboxylic acids is 1. The lowest BCUT2D eigenvalue weighted by atomic mass is 9.92. The fourth-order valence-electron chi connectivity index (χ4n) is 4.24. The molecule has 3 N–H and O–H groups in total. The Morgan fingerprint density at radius 2 is 1.93 bits per heavy atom. The van der Waals surface area contributed by atoms with Gasteiger partial charge in [-0.05, 0) is 57.1 Å². The summed E-state index contributed by atoms with van der Waals surface area (Å²) in [7, 11) is 0. The summed E-state index contributed by atoms with van der Waals surface area (Å²) in [5, 5.41) is 11.3. The first-order valence-electron chi connectivity index (χ1n) is 10.4. The van der Waals surface area contributed by atoms with Gasteiger partial charge in [-0.1, -0.05) is 22.9 Å². The molecule has 7 nitrogen and oxygen atoms in total. The summed E-state index contributed by atoms with van der Waals surface area (Å²) in [5.41, 5.74) is 8.91. The highest BCUT2D eigenvalue weighted by Crippen LogP contribution is 2.27. The molecule has 1 aliphatic heterocycles. The molecule has 0 bridgehead atoms. The largest absolute Gasteiger partial charge is 0.371 e. The normalized spacial score (nSPS) is 25.1. The van der Waals surface area contributed by atoms with E-state index in [1.54, 1.807) is 6.20 Å². The van der Waals surface area contributed by atoms with Gasteiger partial charge in [-0.2, -0.15) is 0 Å². The minimum atomic E-state index is -0.132. The molecule has 1 aromatic heterocycles. The first kappa shape index (κ1) is 18.9. The third-order valence-electron chi connectivity index (χ3n) is 6.09. The lowest BCUT2D eigenvalue weighted by Gasteiger charge is -2.25. The van der Waals surface area contributed by atoms with E-state index in [4.69, 9.17) is 5.73 Å². The zero-order chi connectivity index (χ0) is 19.5. The molecule has 1 saturated carbocycles. The molecule has 2 fully saturated rings. The maximum atomic E-state index is 12.5. The Morgan fingerprint density at radius 3 is 2.68 bits per heavy atom. The smallest absolute Gasteiger partial charge is 0.273 e. The number of hydrogen-bond acceptors (Lipinski definition) is 5. The minimum absolute atomic E-state index is 0.132. The number of rotatable bonds is 5. The van der Waals surface area contributed by atoms with E-state index in [0.717, 1.165) is 45.2 Å². The van der Waals surface area contributed by atoms with E-state index in [0.29, 0.717) is 30.2 Å². The Morgan fingerprint density at radius 1 is 1.18 bits per heavy atom. The van der Waals surface area contributed by atoms with E-state index in [2.05, 4.69) is 51.7 Å². The van der Waals surface area contributed by atoms with Crippen LogP contribution in [0.1, 0.15) is 54.2 Å². The molecule has 1 aromatic carbocycles. The fourth-order valence-corrected chi connectivity index (χ4v) is 4.24. The quantitative estimate of drug-likeness (QED) is 0.828. The molecule has 1 amide bonds. The Hall–Kier alpha value is -2.41. The second-order valence-corrected chi connectivity index (χ2v) is 8.30. The molecule has 1 saturated heterocycles. The van der Waals surface area contributed by atoms with Crippen molar-refractivity contribution in [1.29, 1.82) is 0 Å². The van der Waals surface area contributed by atoms with Gasteiger partial charge in [-0.3, -0.25) is 4.79 Å². The van der Waals surface area contributed by atoms with Gasteiger partial charge in [-0.25, -0.2) is 4.68 Å². The van der Waals surface area contributed by atoms with Crippen molar-refractivity contribution in [2.75, 3.05) is 24.5 Å². The SMILES string of the molecule is Cc1ccc(N2CC[C@@H](CNC(=O)c3cn(C4CCC(N)CC4)nn3)C2)cc1. The molecule has 7 heteroatoms. The van der Waals surface area contributed by atoms with Gasteiger partial charge in [-0.15, -0.1) is 5.10 Å². The highest BCUT2D eigenvalue weighted by Gasteiger charge is 2.25. The van der Waals surface area contributed by atoms with Crippen LogP contribution in [0.3, 0.4) is 0 Å². The van der Waals surface area contributed by atoms with Gasteiger partial charge in [0.05, 0.1) is 12.2 Å². The zero-order valence-corrected chi connectivity index (χ0v) is 16.6. The van der Waals surface area contributed by atoms with Gasteiger partial charge in [0.2, 0.25) is 0 Å². The van der Waals surface area contributed by atoms with E-state index >= 15 is 0 Å². The van der Waals surface area contributed by atoms with Crippen molar-refractivity contribution in [3.8, 4) is 0 Å². The third kappa shape index (κ3) is 4.35. The van der Waals surface area contributed by atoms with E-state index in [1.165, 1.54) is 11.3 Å². The van der Waals surface area contributed by atoms with Crippen molar-refractivity contribution >= 4 is 11.6 Å². The molecule has 2 aliphatic rings. The van der Waals surface area contributed by atoms with Gasteiger partial charge in [0, 0.05) is 31.4 Å². The van der Waals surface area contributed by atoms with Crippen LogP contribution in [-0.4, -0.2) is 46.6 Å². The van der Waals surface area contributed by atoms with Gasteiger partial charge < -0.3 is 16.0 Å². The lowest BCUT2D eigenvalue weighted by molar-refractivity contribution is 0.0943. The number of anilines is 1. The third-order valence-corrected chi connectivity index (χ3v) is 6.09. The van der Waals surface area contributed by atoms with Crippen LogP contribution in [-0.2, 0) is 0 Å². The summed E-state index contributed by atoms with van der Waals surface area (Å²) in [4.78, 5) is 14.9. The maximum Gasteiger partial charge on any atom is 0.273 e. The Kier molecular flexibility index (Phi) is 5.62. The van der Waals surface area contributed by atoms with Crippen molar-refractivity contribution < 1.29 is 4.79 Å². The van der Waals surface area contributed by atoms with Crippen molar-refractivity contribution in [3.05, 3.63) is 41.7 Å². The summed E-state index contributed by atoms with van der Waals surface area (Å²) in [6, 6.07) is 9.25. The number of aromatic nitrogens is 3. The number of nitrogens with zero attached hydrogens (tertiary/aromatic N) is 4. The van der Waals surface area contributed by atoms with Gasteiger partial charge in [0.15, 0.2) is 5.69 Å². The average molecular weight is 383 g/mol. The van der Waals surface area contributed by atoms with Gasteiger partial charge in [0.1, 0.15) is 0 Å². The summed E-state index contributed by atoms with van der Waals surface area (Å²) in [6.45, 7) is 4.78.